The van der Waals surface area contributed by atoms with E-state index in [0.717, 1.165) is 12.8 Å². The molecule has 1 aliphatic carbocycles. The third-order valence-corrected chi connectivity index (χ3v) is 11.0. The normalized spacial score (nSPS) is 20.9. The maximum atomic E-state index is 12.3. The van der Waals surface area contributed by atoms with Crippen molar-refractivity contribution in [3.8, 4) is 0 Å². The van der Waals surface area contributed by atoms with E-state index >= 15 is 0 Å². The summed E-state index contributed by atoms with van der Waals surface area (Å²) >= 11 is 0. The van der Waals surface area contributed by atoms with Crippen LogP contribution in [0.25, 0.3) is 0 Å². The first kappa shape index (κ1) is 25.1. The van der Waals surface area contributed by atoms with Crippen LogP contribution >= 0.6 is 0 Å². The molecule has 3 aromatic rings. The number of carbonyl (C=O) groups is 1. The predicted octanol–water partition coefficient (Wildman–Crippen LogP) is 5.42. The summed E-state index contributed by atoms with van der Waals surface area (Å²) in [7, 11) is -2.74. The molecule has 35 heavy (non-hydrogen) atoms. The second-order valence-electron chi connectivity index (χ2n) is 9.79. The average Bonchev–Trinajstić information content (AvgIpc) is 2.90. The highest BCUT2D eigenvalue weighted by atomic mass is 28.4. The van der Waals surface area contributed by atoms with E-state index in [2.05, 4.69) is 117 Å². The molecular weight excluding hydrogens is 444 g/mol. The largest absolute Gasteiger partial charge is 0.404 e. The standard InChI is InChI=1S/C32H36O2Si/c1-26(2)28-22-21-27(13-12-14-29(33)24-23-28)25-34-35(30-15-6-3-7-16-30,31-17-8-4-9-18-31)32-19-10-5-11-20-32/h3-12,14-22,26-28H,13,23-25H2,1-2H3/b14-12-,22-21-. The van der Waals surface area contributed by atoms with E-state index in [0.29, 0.717) is 24.9 Å². The molecule has 2 unspecified atom stereocenters. The van der Waals surface area contributed by atoms with Gasteiger partial charge >= 0.3 is 0 Å². The summed E-state index contributed by atoms with van der Waals surface area (Å²) < 4.78 is 7.19. The Kier molecular flexibility index (Phi) is 8.67. The monoisotopic (exact) mass is 480 g/mol. The molecule has 0 fully saturated rings. The topological polar surface area (TPSA) is 26.3 Å². The maximum absolute atomic E-state index is 12.3. The molecule has 0 saturated heterocycles. The molecule has 0 spiro atoms. The van der Waals surface area contributed by atoms with Crippen LogP contribution in [-0.2, 0) is 9.22 Å². The summed E-state index contributed by atoms with van der Waals surface area (Å²) in [5, 5.41) is 3.73. The smallest absolute Gasteiger partial charge is 0.288 e. The molecule has 0 N–H and O–H groups in total. The van der Waals surface area contributed by atoms with E-state index in [1.807, 2.05) is 6.08 Å². The third-order valence-electron chi connectivity index (χ3n) is 7.01. The van der Waals surface area contributed by atoms with Gasteiger partial charge in [-0.25, -0.2) is 0 Å². The zero-order valence-electron chi connectivity index (χ0n) is 20.8. The number of rotatable bonds is 7. The summed E-state index contributed by atoms with van der Waals surface area (Å²) in [6.45, 7) is 5.08. The van der Waals surface area contributed by atoms with Gasteiger partial charge in [-0.15, -0.1) is 0 Å². The van der Waals surface area contributed by atoms with Crippen molar-refractivity contribution in [2.45, 2.75) is 33.1 Å². The van der Waals surface area contributed by atoms with Crippen LogP contribution in [0.2, 0.25) is 0 Å². The molecule has 0 amide bonds. The number of hydrogen-bond acceptors (Lipinski definition) is 2. The molecule has 180 valence electrons. The van der Waals surface area contributed by atoms with Crippen LogP contribution < -0.4 is 15.6 Å². The van der Waals surface area contributed by atoms with Crippen molar-refractivity contribution in [2.24, 2.45) is 17.8 Å². The minimum Gasteiger partial charge on any atom is -0.404 e. The molecule has 0 radical (unpaired) electrons. The molecule has 3 aromatic carbocycles. The van der Waals surface area contributed by atoms with Crippen LogP contribution in [0, 0.1) is 17.8 Å². The first-order chi connectivity index (χ1) is 17.1. The van der Waals surface area contributed by atoms with Crippen LogP contribution in [0.3, 0.4) is 0 Å². The Hall–Kier alpha value is -3.01. The van der Waals surface area contributed by atoms with E-state index in [1.54, 1.807) is 6.08 Å². The van der Waals surface area contributed by atoms with Crippen molar-refractivity contribution in [2.75, 3.05) is 6.61 Å². The Labute approximate surface area is 211 Å². The third kappa shape index (κ3) is 6.16. The number of benzene rings is 3. The zero-order valence-corrected chi connectivity index (χ0v) is 21.8. The van der Waals surface area contributed by atoms with E-state index in [-0.39, 0.29) is 11.7 Å². The van der Waals surface area contributed by atoms with Crippen LogP contribution in [0.4, 0.5) is 0 Å². The summed E-state index contributed by atoms with van der Waals surface area (Å²) in [5.74, 6) is 1.36. The molecule has 3 heteroatoms. The Bertz CT molecular complexity index is 1020. The summed E-state index contributed by atoms with van der Waals surface area (Å²) in [4.78, 5) is 12.3. The molecule has 2 atom stereocenters. The summed E-state index contributed by atoms with van der Waals surface area (Å²) in [5.41, 5.74) is 0. The molecule has 0 aliphatic heterocycles. The van der Waals surface area contributed by atoms with Gasteiger partial charge in [0.05, 0.1) is 0 Å². The van der Waals surface area contributed by atoms with Crippen molar-refractivity contribution >= 4 is 29.7 Å². The molecule has 1 aliphatic rings. The highest BCUT2D eigenvalue weighted by Gasteiger charge is 2.42. The van der Waals surface area contributed by atoms with Gasteiger partial charge in [0, 0.05) is 18.9 Å². The second kappa shape index (κ2) is 12.1. The first-order valence-corrected chi connectivity index (χ1v) is 14.7. The molecule has 0 saturated carbocycles. The van der Waals surface area contributed by atoms with Crippen LogP contribution in [-0.4, -0.2) is 20.7 Å². The van der Waals surface area contributed by atoms with Crippen molar-refractivity contribution in [3.05, 3.63) is 115 Å². The van der Waals surface area contributed by atoms with E-state index in [1.165, 1.54) is 15.6 Å². The van der Waals surface area contributed by atoms with Crippen molar-refractivity contribution in [1.82, 2.24) is 0 Å². The van der Waals surface area contributed by atoms with Gasteiger partial charge in [-0.2, -0.15) is 0 Å². The highest BCUT2D eigenvalue weighted by molar-refractivity contribution is 7.07. The maximum Gasteiger partial charge on any atom is 0.288 e. The lowest BCUT2D eigenvalue weighted by Crippen LogP contribution is -2.69. The van der Waals surface area contributed by atoms with Gasteiger partial charge in [0.2, 0.25) is 0 Å². The minimum atomic E-state index is -2.74. The fraction of sp³-hybridized carbons (Fsp3) is 0.281. The second-order valence-corrected chi connectivity index (χ2v) is 13.2. The SMILES string of the molecule is CC(C)C1/C=C\C(CO[Si](c2ccccc2)(c2ccccc2)c2ccccc2)C/C=C\C(=O)CC1. The van der Waals surface area contributed by atoms with Crippen LogP contribution in [0.5, 0.6) is 0 Å². The fourth-order valence-corrected chi connectivity index (χ4v) is 8.87. The molecule has 2 nitrogen and oxygen atoms in total. The molecule has 0 aromatic heterocycles. The molecule has 4 rings (SSSR count). The van der Waals surface area contributed by atoms with E-state index < -0.39 is 8.32 Å². The number of carbonyl (C=O) groups excluding carboxylic acids is 1. The van der Waals surface area contributed by atoms with Crippen molar-refractivity contribution in [3.63, 3.8) is 0 Å². The highest BCUT2D eigenvalue weighted by Crippen LogP contribution is 2.23. The number of ketones is 1. The molecular formula is C32H36O2Si. The number of allylic oxidation sites excluding steroid dienone is 3. The lowest BCUT2D eigenvalue weighted by atomic mass is 9.88. The van der Waals surface area contributed by atoms with Gasteiger partial charge in [0.15, 0.2) is 5.78 Å². The lowest BCUT2D eigenvalue weighted by molar-refractivity contribution is -0.114. The van der Waals surface area contributed by atoms with Crippen molar-refractivity contribution in [1.29, 1.82) is 0 Å². The quantitative estimate of drug-likeness (QED) is 0.256. The fourth-order valence-electron chi connectivity index (χ4n) is 4.92. The Morgan fingerprint density at radius 1 is 0.800 bits per heavy atom. The first-order valence-electron chi connectivity index (χ1n) is 12.8. The molecule has 0 heterocycles. The minimum absolute atomic E-state index is 0.210. The summed E-state index contributed by atoms with van der Waals surface area (Å²) in [6, 6.07) is 32.1. The zero-order chi connectivity index (χ0) is 24.5. The Morgan fingerprint density at radius 3 is 1.80 bits per heavy atom. The van der Waals surface area contributed by atoms with Gasteiger partial charge in [0.1, 0.15) is 0 Å². The van der Waals surface area contributed by atoms with Gasteiger partial charge in [0.25, 0.3) is 8.32 Å². The Morgan fingerprint density at radius 2 is 1.31 bits per heavy atom. The molecule has 0 bridgehead atoms. The summed E-state index contributed by atoms with van der Waals surface area (Å²) in [6.07, 6.45) is 10.8. The Balaban J connectivity index is 1.74. The van der Waals surface area contributed by atoms with Gasteiger partial charge in [-0.3, -0.25) is 4.79 Å². The van der Waals surface area contributed by atoms with E-state index in [4.69, 9.17) is 4.43 Å². The van der Waals surface area contributed by atoms with Gasteiger partial charge in [-0.1, -0.05) is 123 Å². The average molecular weight is 481 g/mol. The van der Waals surface area contributed by atoms with E-state index in [9.17, 15) is 4.79 Å². The van der Waals surface area contributed by atoms with Crippen LogP contribution in [0.15, 0.2) is 115 Å². The lowest BCUT2D eigenvalue weighted by Gasteiger charge is -2.34. The van der Waals surface area contributed by atoms with Gasteiger partial charge in [-0.05, 0) is 46.3 Å². The van der Waals surface area contributed by atoms with Crippen LogP contribution in [0.1, 0.15) is 33.1 Å². The van der Waals surface area contributed by atoms with Gasteiger partial charge < -0.3 is 4.43 Å². The predicted molar refractivity (Wildman–Crippen MR) is 149 cm³/mol. The van der Waals surface area contributed by atoms with Crippen molar-refractivity contribution < 1.29 is 9.22 Å². The number of hydrogen-bond donors (Lipinski definition) is 0.